The lowest BCUT2D eigenvalue weighted by atomic mass is 9.88. The molecule has 0 amide bonds. The van der Waals surface area contributed by atoms with Crippen molar-refractivity contribution in [1.82, 2.24) is 58.1 Å². The lowest BCUT2D eigenvalue weighted by molar-refractivity contribution is 1.07. The average molecular weight is 1860 g/mol. The van der Waals surface area contributed by atoms with Gasteiger partial charge in [-0.25, -0.2) is 29.9 Å². The first-order chi connectivity index (χ1) is 71.0. The standard InChI is InChI=1S/C133H94N12/c1-77-35-48-101(81(5)61-77)92-42-51-119-107(69-92)103-29-16-19-32-116(103)142(119)99-57-59-134-114(75-99)112-73-97(46-55-124(112)144-117-33-20-17-30-104(117)108-70-93(43-52-122(108)144)102-49-36-78(2)62-82(102)6)132-138-128(87-23-12-10-13-24-87)136-130(140-132)89-39-37-86(38-40-89)90-41-50-120-110(68-90)111-72-95-45-53-121(111)143(120)100-58-60-135-115(76-100)113-74-98(47-56-125(113)145-118-34-21-18-31-105(118)109-71-94(44-54-123(109)145)126-83(7)63-79(3)64-84(126)8)133-139-129(88-25-14-11-15-26-88)137-131(141-133)96-28-22-27-91(67-96)106-66-80(4)65-85(9)127(95)106/h10-76H,1-9H3. The summed E-state index contributed by atoms with van der Waals surface area (Å²) in [5, 5.41) is 9.16. The van der Waals surface area contributed by atoms with Crippen LogP contribution in [0.1, 0.15) is 50.1 Å². The first-order valence-corrected chi connectivity index (χ1v) is 49.6. The molecular formula is C133H94N12. The molecule has 0 atom stereocenters. The van der Waals surface area contributed by atoms with Crippen LogP contribution in [-0.4, -0.2) is 58.1 Å². The van der Waals surface area contributed by atoms with Gasteiger partial charge in [-0.15, -0.1) is 0 Å². The maximum Gasteiger partial charge on any atom is 0.164 e. The fourth-order valence-electron chi connectivity index (χ4n) is 23.2. The van der Waals surface area contributed by atoms with E-state index >= 15 is 0 Å². The minimum Gasteiger partial charge on any atom is -0.309 e. The Balaban J connectivity index is 0.616. The molecule has 10 heterocycles. The van der Waals surface area contributed by atoms with Gasteiger partial charge in [-0.2, -0.15) is 0 Å². The molecule has 0 saturated carbocycles. The predicted molar refractivity (Wildman–Crippen MR) is 598 cm³/mol. The van der Waals surface area contributed by atoms with Gasteiger partial charge < -0.3 is 18.3 Å². The van der Waals surface area contributed by atoms with E-state index in [1.54, 1.807) is 0 Å². The number of benzene rings is 18. The quantitative estimate of drug-likeness (QED) is 0.119. The van der Waals surface area contributed by atoms with Crippen LogP contribution in [0.5, 0.6) is 0 Å². The molecule has 2 aliphatic heterocycles. The van der Waals surface area contributed by atoms with E-state index in [-0.39, 0.29) is 0 Å². The molecule has 2 aliphatic rings. The molecule has 0 saturated heterocycles. The zero-order chi connectivity index (χ0) is 97.3. The van der Waals surface area contributed by atoms with Crippen LogP contribution in [0.4, 0.5) is 0 Å². The average Bonchev–Trinajstić information content (AvgIpc) is 1.59. The Hall–Kier alpha value is -18.5. The van der Waals surface area contributed by atoms with Crippen LogP contribution in [0, 0.1) is 62.3 Å². The van der Waals surface area contributed by atoms with Gasteiger partial charge in [0.25, 0.3) is 0 Å². The van der Waals surface area contributed by atoms with Gasteiger partial charge in [0.05, 0.1) is 66.9 Å². The second-order valence-corrected chi connectivity index (χ2v) is 39.2. The Morgan fingerprint density at radius 3 is 0.938 bits per heavy atom. The third kappa shape index (κ3) is 14.5. The molecule has 18 aromatic carbocycles. The van der Waals surface area contributed by atoms with Crippen LogP contribution in [0.3, 0.4) is 0 Å². The number of hydrogen-bond acceptors (Lipinski definition) is 8. The number of rotatable bonds is 12. The van der Waals surface area contributed by atoms with E-state index in [0.717, 1.165) is 194 Å². The van der Waals surface area contributed by atoms with Gasteiger partial charge in [0, 0.05) is 111 Å². The van der Waals surface area contributed by atoms with Gasteiger partial charge >= 0.3 is 0 Å². The van der Waals surface area contributed by atoms with Crippen LogP contribution in [0.15, 0.2) is 407 Å². The monoisotopic (exact) mass is 1860 g/mol. The number of nitrogens with zero attached hydrogens (tertiary/aromatic N) is 12. The van der Waals surface area contributed by atoms with Crippen molar-refractivity contribution < 1.29 is 0 Å². The zero-order valence-corrected chi connectivity index (χ0v) is 81.5. The predicted octanol–water partition coefficient (Wildman–Crippen LogP) is 33.7. The molecule has 28 rings (SSSR count). The van der Waals surface area contributed by atoms with Gasteiger partial charge in [-0.05, 0) is 302 Å². The van der Waals surface area contributed by atoms with Gasteiger partial charge in [-0.1, -0.05) is 271 Å². The van der Waals surface area contributed by atoms with Crippen LogP contribution in [0.25, 0.3) is 268 Å². The van der Waals surface area contributed by atoms with Crippen LogP contribution >= 0.6 is 0 Å². The molecule has 8 aromatic heterocycles. The SMILES string of the molecule is Cc1ccc(-c2ccc3c(c2)c2ccccc2n3-c2ccnc(-c3cc(-c4nc(-c5ccccc5)nc(-c5ccc(-c6ccc7c(c6)c6cc8ccc6n7-c6ccnc(c6)-c6cc(ccc6-n6c7ccccc7c7cc(-c9c(C)cc(C)cc9C)ccc76)-c6nc(-c7ccccc7)nc(n6)-c6cccc(c6)-c6cc(C)cc(C)c6-8)cc5)n4)ccc3-n3c4ccccc4c4cc(-c5ccc(C)cc5C)ccc43)c2)c(C)c1. The molecule has 0 aliphatic carbocycles. The topological polar surface area (TPSA) is 123 Å². The summed E-state index contributed by atoms with van der Waals surface area (Å²) in [7, 11) is 0. The molecule has 0 unspecified atom stereocenters. The molecule has 0 fully saturated rings. The van der Waals surface area contributed by atoms with Crippen molar-refractivity contribution in [3.8, 4) is 180 Å². The molecule has 686 valence electrons. The molecule has 0 radical (unpaired) electrons. The lowest BCUT2D eigenvalue weighted by Crippen LogP contribution is -2.03. The van der Waals surface area contributed by atoms with E-state index in [2.05, 4.69) is 438 Å². The van der Waals surface area contributed by atoms with Crippen LogP contribution < -0.4 is 0 Å². The first kappa shape index (κ1) is 85.7. The lowest BCUT2D eigenvalue weighted by Gasteiger charge is -2.17. The summed E-state index contributed by atoms with van der Waals surface area (Å²) in [6, 6.07) is 144. The smallest absolute Gasteiger partial charge is 0.164 e. The van der Waals surface area contributed by atoms with E-state index in [0.29, 0.717) is 34.9 Å². The van der Waals surface area contributed by atoms with Gasteiger partial charge in [-0.3, -0.25) is 9.97 Å². The maximum atomic E-state index is 5.57. The Labute approximate surface area is 839 Å². The van der Waals surface area contributed by atoms with E-state index < -0.39 is 0 Å². The summed E-state index contributed by atoms with van der Waals surface area (Å²) in [6.07, 6.45) is 3.92. The maximum absolute atomic E-state index is 5.57. The van der Waals surface area contributed by atoms with Crippen molar-refractivity contribution in [2.75, 3.05) is 0 Å². The zero-order valence-electron chi connectivity index (χ0n) is 81.5. The van der Waals surface area contributed by atoms with E-state index in [1.165, 1.54) is 88.7 Å². The summed E-state index contributed by atoms with van der Waals surface area (Å²) in [5.41, 5.74) is 45.7. The Morgan fingerprint density at radius 2 is 0.476 bits per heavy atom. The van der Waals surface area contributed by atoms with Crippen molar-refractivity contribution in [3.63, 3.8) is 0 Å². The van der Waals surface area contributed by atoms with Gasteiger partial charge in [0.15, 0.2) is 34.9 Å². The van der Waals surface area contributed by atoms with Crippen molar-refractivity contribution in [1.29, 1.82) is 0 Å². The van der Waals surface area contributed by atoms with Gasteiger partial charge in [0.1, 0.15) is 0 Å². The van der Waals surface area contributed by atoms with Crippen LogP contribution in [-0.2, 0) is 0 Å². The Morgan fingerprint density at radius 1 is 0.166 bits per heavy atom. The highest BCUT2D eigenvalue weighted by Gasteiger charge is 2.29. The molecule has 0 spiro atoms. The second-order valence-electron chi connectivity index (χ2n) is 39.2. The molecule has 26 aromatic rings. The summed E-state index contributed by atoms with van der Waals surface area (Å²) in [6.45, 7) is 19.8. The highest BCUT2D eigenvalue weighted by atomic mass is 15.1. The number of hydrogen-bond donors (Lipinski definition) is 0. The molecule has 12 nitrogen and oxygen atoms in total. The number of pyridine rings is 2. The summed E-state index contributed by atoms with van der Waals surface area (Å²) >= 11 is 0. The van der Waals surface area contributed by atoms with Crippen molar-refractivity contribution in [2.45, 2.75) is 62.3 Å². The third-order valence-electron chi connectivity index (χ3n) is 29.7. The van der Waals surface area contributed by atoms with E-state index in [1.807, 2.05) is 48.8 Å². The third-order valence-corrected chi connectivity index (χ3v) is 29.7. The highest BCUT2D eigenvalue weighted by molar-refractivity contribution is 6.16. The normalized spacial score (nSPS) is 11.9. The van der Waals surface area contributed by atoms with Crippen molar-refractivity contribution >= 4 is 87.2 Å². The van der Waals surface area contributed by atoms with E-state index in [9.17, 15) is 0 Å². The number of aromatic nitrogens is 12. The Bertz CT molecular complexity index is 9920. The van der Waals surface area contributed by atoms with E-state index in [4.69, 9.17) is 39.9 Å². The number of para-hydroxylation sites is 3. The van der Waals surface area contributed by atoms with Crippen molar-refractivity contribution in [3.05, 3.63) is 457 Å². The summed E-state index contributed by atoms with van der Waals surface area (Å²) < 4.78 is 9.66. The fraction of sp³-hybridized carbons (Fsp3) is 0.0677. The molecular weight excluding hydrogens is 1770 g/mol. The van der Waals surface area contributed by atoms with Crippen LogP contribution in [0.2, 0.25) is 0 Å². The minimum absolute atomic E-state index is 0.520. The van der Waals surface area contributed by atoms with Crippen molar-refractivity contribution in [2.24, 2.45) is 0 Å². The van der Waals surface area contributed by atoms with Gasteiger partial charge in [0.2, 0.25) is 0 Å². The second kappa shape index (κ2) is 33.9. The highest BCUT2D eigenvalue weighted by Crippen LogP contribution is 2.49. The Kier molecular flexibility index (Phi) is 20.0. The largest absolute Gasteiger partial charge is 0.309 e. The molecule has 145 heavy (non-hydrogen) atoms. The number of aryl methyl sites for hydroxylation is 9. The molecule has 12 bridgehead atoms. The summed E-state index contributed by atoms with van der Waals surface area (Å²) in [5.74, 6) is 3.30. The fourth-order valence-corrected chi connectivity index (χ4v) is 23.2. The first-order valence-electron chi connectivity index (χ1n) is 49.6. The molecule has 12 heteroatoms. The number of fused-ring (bicyclic) bond motifs is 11. The minimum atomic E-state index is 0.520. The molecule has 0 N–H and O–H groups in total. The summed E-state index contributed by atoms with van der Waals surface area (Å²) in [4.78, 5) is 43.6.